The first-order chi connectivity index (χ1) is 19.3. The Morgan fingerprint density at radius 2 is 1.48 bits per heavy atom. The lowest BCUT2D eigenvalue weighted by Crippen LogP contribution is -2.37. The highest BCUT2D eigenvalue weighted by molar-refractivity contribution is 6.04. The smallest absolute Gasteiger partial charge is 0.346 e. The van der Waals surface area contributed by atoms with Gasteiger partial charge in [-0.1, -0.05) is 80.1 Å². The zero-order chi connectivity index (χ0) is 28.3. The van der Waals surface area contributed by atoms with Gasteiger partial charge in [-0.3, -0.25) is 9.59 Å². The molecule has 0 heterocycles. The van der Waals surface area contributed by atoms with E-state index in [2.05, 4.69) is 17.6 Å². The summed E-state index contributed by atoms with van der Waals surface area (Å²) in [6, 6.07) is 27.8. The topological polar surface area (TPSA) is 58.2 Å². The molecule has 0 bridgehead atoms. The minimum Gasteiger partial charge on any atom is -0.346 e. The van der Waals surface area contributed by atoms with Crippen LogP contribution in [-0.2, 0) is 11.2 Å². The molecule has 0 aromatic heterocycles. The molecule has 2 amide bonds. The third-order valence-corrected chi connectivity index (χ3v) is 7.20. The Balaban J connectivity index is 1.53. The summed E-state index contributed by atoms with van der Waals surface area (Å²) in [5.74, 6) is -1.69. The van der Waals surface area contributed by atoms with E-state index < -0.39 is 24.5 Å². The van der Waals surface area contributed by atoms with E-state index in [-0.39, 0.29) is 5.91 Å². The Hall–Kier alpha value is -4.39. The largest absolute Gasteiger partial charge is 0.405 e. The van der Waals surface area contributed by atoms with E-state index >= 15 is 0 Å². The molecule has 1 aliphatic carbocycles. The predicted molar refractivity (Wildman–Crippen MR) is 151 cm³/mol. The van der Waals surface area contributed by atoms with Gasteiger partial charge >= 0.3 is 6.18 Å². The molecule has 1 unspecified atom stereocenters. The molecule has 4 aromatic rings. The standard InChI is InChI=1S/C33H29F3N2O2/c1-2-3-11-26-24(21-14-16-23(17-15-21)38-31(39)22-9-5-4-6-10-22)18-19-28-25-12-7-8-13-27(25)30(29(26)28)32(40)37-20-33(34,35)36/h4-10,12-19,30H,2-3,11,20H2,1H3,(H,37,40)(H,38,39). The molecule has 4 nitrogen and oxygen atoms in total. The highest BCUT2D eigenvalue weighted by Gasteiger charge is 2.38. The first-order valence-corrected chi connectivity index (χ1v) is 13.3. The number of anilines is 1. The first kappa shape index (κ1) is 27.2. The Morgan fingerprint density at radius 3 is 2.17 bits per heavy atom. The molecular formula is C33H29F3N2O2. The van der Waals surface area contributed by atoms with Crippen LogP contribution in [0.4, 0.5) is 18.9 Å². The molecule has 4 aromatic carbocycles. The normalized spacial score (nSPS) is 13.8. The second kappa shape index (κ2) is 11.4. The van der Waals surface area contributed by atoms with Crippen molar-refractivity contribution < 1.29 is 22.8 Å². The van der Waals surface area contributed by atoms with Crippen molar-refractivity contribution >= 4 is 17.5 Å². The zero-order valence-corrected chi connectivity index (χ0v) is 22.0. The maximum atomic E-state index is 13.3. The lowest BCUT2D eigenvalue weighted by molar-refractivity contribution is -0.138. The van der Waals surface area contributed by atoms with Gasteiger partial charge in [0.25, 0.3) is 5.91 Å². The number of unbranched alkanes of at least 4 members (excludes halogenated alkanes) is 1. The van der Waals surface area contributed by atoms with Crippen molar-refractivity contribution in [1.82, 2.24) is 5.32 Å². The molecule has 0 aliphatic heterocycles. The van der Waals surface area contributed by atoms with E-state index in [1.54, 1.807) is 24.3 Å². The van der Waals surface area contributed by atoms with Crippen LogP contribution in [0.25, 0.3) is 22.3 Å². The second-order valence-corrected chi connectivity index (χ2v) is 9.91. The summed E-state index contributed by atoms with van der Waals surface area (Å²) in [4.78, 5) is 25.9. The van der Waals surface area contributed by atoms with E-state index in [0.29, 0.717) is 23.2 Å². The van der Waals surface area contributed by atoms with Gasteiger partial charge in [-0.05, 0) is 76.1 Å². The van der Waals surface area contributed by atoms with Crippen LogP contribution in [0, 0.1) is 0 Å². The molecule has 2 N–H and O–H groups in total. The number of rotatable bonds is 8. The maximum absolute atomic E-state index is 13.3. The van der Waals surface area contributed by atoms with Gasteiger partial charge in [-0.25, -0.2) is 0 Å². The fourth-order valence-corrected chi connectivity index (χ4v) is 5.36. The van der Waals surface area contributed by atoms with Gasteiger partial charge in [0.05, 0.1) is 5.92 Å². The minimum atomic E-state index is -4.50. The number of nitrogens with one attached hydrogen (secondary N) is 2. The second-order valence-electron chi connectivity index (χ2n) is 9.91. The Labute approximate surface area is 231 Å². The minimum absolute atomic E-state index is 0.208. The number of carbonyl (C=O) groups is 2. The van der Waals surface area contributed by atoms with Gasteiger partial charge in [0.2, 0.25) is 5.91 Å². The summed E-state index contributed by atoms with van der Waals surface area (Å²) in [6.07, 6.45) is -2.03. The van der Waals surface area contributed by atoms with Gasteiger partial charge in [0, 0.05) is 11.3 Å². The monoisotopic (exact) mass is 542 g/mol. The first-order valence-electron chi connectivity index (χ1n) is 13.3. The number of benzene rings is 4. The molecule has 0 saturated carbocycles. The number of hydrogen-bond acceptors (Lipinski definition) is 2. The highest BCUT2D eigenvalue weighted by Crippen LogP contribution is 2.49. The van der Waals surface area contributed by atoms with Crippen LogP contribution in [0.1, 0.15) is 52.7 Å². The highest BCUT2D eigenvalue weighted by atomic mass is 19.4. The summed E-state index contributed by atoms with van der Waals surface area (Å²) in [5, 5.41) is 5.03. The van der Waals surface area contributed by atoms with E-state index in [0.717, 1.165) is 46.2 Å². The third kappa shape index (κ3) is 5.64. The number of halogens is 3. The van der Waals surface area contributed by atoms with E-state index in [9.17, 15) is 22.8 Å². The Kier molecular flexibility index (Phi) is 7.74. The number of hydrogen-bond donors (Lipinski definition) is 2. The molecule has 204 valence electrons. The van der Waals surface area contributed by atoms with Crippen LogP contribution in [0.3, 0.4) is 0 Å². The fourth-order valence-electron chi connectivity index (χ4n) is 5.36. The number of amides is 2. The third-order valence-electron chi connectivity index (χ3n) is 7.20. The quantitative estimate of drug-likeness (QED) is 0.239. The average molecular weight is 543 g/mol. The van der Waals surface area contributed by atoms with Gasteiger partial charge in [-0.2, -0.15) is 13.2 Å². The summed E-state index contributed by atoms with van der Waals surface area (Å²) in [5.41, 5.74) is 7.22. The van der Waals surface area contributed by atoms with Crippen molar-refractivity contribution in [1.29, 1.82) is 0 Å². The summed E-state index contributed by atoms with van der Waals surface area (Å²) in [7, 11) is 0. The average Bonchev–Trinajstić information content (AvgIpc) is 3.30. The summed E-state index contributed by atoms with van der Waals surface area (Å²) >= 11 is 0. The van der Waals surface area contributed by atoms with Crippen LogP contribution >= 0.6 is 0 Å². The van der Waals surface area contributed by atoms with Crippen molar-refractivity contribution in [3.63, 3.8) is 0 Å². The molecule has 1 aliphatic rings. The zero-order valence-electron chi connectivity index (χ0n) is 22.0. The van der Waals surface area contributed by atoms with E-state index in [4.69, 9.17) is 0 Å². The molecule has 7 heteroatoms. The lowest BCUT2D eigenvalue weighted by Gasteiger charge is -2.21. The van der Waals surface area contributed by atoms with Crippen LogP contribution in [0.5, 0.6) is 0 Å². The van der Waals surface area contributed by atoms with Crippen molar-refractivity contribution in [2.45, 2.75) is 38.3 Å². The van der Waals surface area contributed by atoms with Gasteiger partial charge in [0.1, 0.15) is 6.54 Å². The van der Waals surface area contributed by atoms with Crippen molar-refractivity contribution in [2.75, 3.05) is 11.9 Å². The van der Waals surface area contributed by atoms with Gasteiger partial charge < -0.3 is 10.6 Å². The van der Waals surface area contributed by atoms with Crippen LogP contribution in [0.2, 0.25) is 0 Å². The van der Waals surface area contributed by atoms with Crippen LogP contribution < -0.4 is 10.6 Å². The molecule has 0 spiro atoms. The van der Waals surface area contributed by atoms with Crippen molar-refractivity contribution in [3.05, 3.63) is 113 Å². The predicted octanol–water partition coefficient (Wildman–Crippen LogP) is 7.74. The molecule has 1 atom stereocenters. The van der Waals surface area contributed by atoms with Gasteiger partial charge in [0.15, 0.2) is 0 Å². The Bertz CT molecular complexity index is 1530. The molecular weight excluding hydrogens is 513 g/mol. The maximum Gasteiger partial charge on any atom is 0.405 e. The summed E-state index contributed by atoms with van der Waals surface area (Å²) in [6.45, 7) is 0.704. The lowest BCUT2D eigenvalue weighted by atomic mass is 9.85. The number of carbonyl (C=O) groups excluding carboxylic acids is 2. The molecule has 0 saturated heterocycles. The van der Waals surface area contributed by atoms with Crippen LogP contribution in [0.15, 0.2) is 91.0 Å². The van der Waals surface area contributed by atoms with E-state index in [1.807, 2.05) is 66.7 Å². The molecule has 40 heavy (non-hydrogen) atoms. The van der Waals surface area contributed by atoms with Gasteiger partial charge in [-0.15, -0.1) is 0 Å². The number of alkyl halides is 3. The van der Waals surface area contributed by atoms with Crippen molar-refractivity contribution in [2.24, 2.45) is 0 Å². The van der Waals surface area contributed by atoms with Crippen molar-refractivity contribution in [3.8, 4) is 22.3 Å². The summed E-state index contributed by atoms with van der Waals surface area (Å²) < 4.78 is 39.0. The van der Waals surface area contributed by atoms with E-state index in [1.165, 1.54) is 0 Å². The number of fused-ring (bicyclic) bond motifs is 3. The van der Waals surface area contributed by atoms with Crippen LogP contribution in [-0.4, -0.2) is 24.5 Å². The fraction of sp³-hybridized carbons (Fsp3) is 0.212. The SMILES string of the molecule is CCCCc1c(-c2ccc(NC(=O)c3ccccc3)cc2)ccc2c1C(C(=O)NCC(F)(F)F)c1ccccc1-2. The Morgan fingerprint density at radius 1 is 0.800 bits per heavy atom. The molecule has 5 rings (SSSR count). The molecule has 0 fully saturated rings. The molecule has 0 radical (unpaired) electrons.